The van der Waals surface area contributed by atoms with Gasteiger partial charge in [-0.3, -0.25) is 0 Å². The van der Waals surface area contributed by atoms with Crippen molar-refractivity contribution in [3.05, 3.63) is 28.8 Å². The van der Waals surface area contributed by atoms with Gasteiger partial charge in [-0.25, -0.2) is 0 Å². The fourth-order valence-corrected chi connectivity index (χ4v) is 3.23. The average Bonchev–Trinajstić information content (AvgIpc) is 2.70. The van der Waals surface area contributed by atoms with E-state index in [4.69, 9.17) is 23.2 Å². The molecule has 0 aromatic heterocycles. The summed E-state index contributed by atoms with van der Waals surface area (Å²) in [5.74, 6) is 0.523. The van der Waals surface area contributed by atoms with Gasteiger partial charge in [-0.1, -0.05) is 18.5 Å². The van der Waals surface area contributed by atoms with Crippen molar-refractivity contribution in [2.75, 3.05) is 4.90 Å². The second-order valence-electron chi connectivity index (χ2n) is 4.80. The molecule has 0 saturated carbocycles. The smallest absolute Gasteiger partial charge is 0.0495 e. The van der Waals surface area contributed by atoms with E-state index in [9.17, 15) is 0 Å². The first-order valence-corrected chi connectivity index (χ1v) is 7.21. The summed E-state index contributed by atoms with van der Waals surface area (Å²) in [5.41, 5.74) is 2.41. The Morgan fingerprint density at radius 2 is 2.12 bits per heavy atom. The van der Waals surface area contributed by atoms with Gasteiger partial charge in [0.1, 0.15) is 0 Å². The number of rotatable bonds is 3. The predicted octanol–water partition coefficient (Wildman–Crippen LogP) is 4.85. The second-order valence-corrected chi connectivity index (χ2v) is 5.51. The molecule has 1 aliphatic rings. The zero-order chi connectivity index (χ0) is 12.4. The minimum atomic E-state index is 0.523. The first-order chi connectivity index (χ1) is 8.17. The molecule has 3 heteroatoms. The van der Waals surface area contributed by atoms with Crippen molar-refractivity contribution in [2.45, 2.75) is 51.1 Å². The van der Waals surface area contributed by atoms with Crippen molar-refractivity contribution in [3.63, 3.8) is 0 Å². The van der Waals surface area contributed by atoms with Crippen LogP contribution >= 0.6 is 23.2 Å². The van der Waals surface area contributed by atoms with Crippen LogP contribution in [-0.4, -0.2) is 12.1 Å². The Morgan fingerprint density at radius 3 is 2.76 bits per heavy atom. The number of anilines is 1. The minimum Gasteiger partial charge on any atom is -0.366 e. The van der Waals surface area contributed by atoms with E-state index in [0.29, 0.717) is 18.0 Å². The van der Waals surface area contributed by atoms with Gasteiger partial charge >= 0.3 is 0 Å². The van der Waals surface area contributed by atoms with Crippen LogP contribution in [0, 0.1) is 0 Å². The highest BCUT2D eigenvalue weighted by Gasteiger charge is 2.30. The third-order valence-electron chi connectivity index (χ3n) is 3.72. The summed E-state index contributed by atoms with van der Waals surface area (Å²) in [4.78, 5) is 2.52. The topological polar surface area (TPSA) is 3.24 Å². The van der Waals surface area contributed by atoms with Crippen molar-refractivity contribution >= 4 is 28.9 Å². The third-order valence-corrected chi connectivity index (χ3v) is 4.24. The highest BCUT2D eigenvalue weighted by atomic mass is 35.5. The fourth-order valence-electron chi connectivity index (χ4n) is 2.82. The second kappa shape index (κ2) is 5.49. The SMILES string of the molecule is CCC1CCC(C)N1c1ccc(Cl)cc1CCl. The van der Waals surface area contributed by atoms with E-state index < -0.39 is 0 Å². The minimum absolute atomic E-state index is 0.523. The van der Waals surface area contributed by atoms with Crippen LogP contribution < -0.4 is 4.90 Å². The molecule has 0 aliphatic carbocycles. The molecule has 2 rings (SSSR count). The molecule has 1 heterocycles. The fraction of sp³-hybridized carbons (Fsp3) is 0.571. The number of benzene rings is 1. The summed E-state index contributed by atoms with van der Waals surface area (Å²) in [7, 11) is 0. The van der Waals surface area contributed by atoms with E-state index >= 15 is 0 Å². The van der Waals surface area contributed by atoms with Crippen LogP contribution in [-0.2, 0) is 5.88 Å². The summed E-state index contributed by atoms with van der Waals surface area (Å²) >= 11 is 12.1. The molecule has 0 amide bonds. The summed E-state index contributed by atoms with van der Waals surface area (Å²) in [6, 6.07) is 7.31. The Bertz CT molecular complexity index is 392. The lowest BCUT2D eigenvalue weighted by atomic mass is 10.1. The largest absolute Gasteiger partial charge is 0.366 e. The zero-order valence-electron chi connectivity index (χ0n) is 10.4. The summed E-state index contributed by atoms with van der Waals surface area (Å²) < 4.78 is 0. The lowest BCUT2D eigenvalue weighted by Crippen LogP contribution is -2.34. The van der Waals surface area contributed by atoms with Gasteiger partial charge in [0.15, 0.2) is 0 Å². The maximum absolute atomic E-state index is 6.04. The highest BCUT2D eigenvalue weighted by Crippen LogP contribution is 2.35. The number of alkyl halides is 1. The quantitative estimate of drug-likeness (QED) is 0.711. The summed E-state index contributed by atoms with van der Waals surface area (Å²) in [5, 5.41) is 0.768. The van der Waals surface area contributed by atoms with Gasteiger partial charge in [-0.15, -0.1) is 11.6 Å². The molecule has 2 atom stereocenters. The Labute approximate surface area is 114 Å². The van der Waals surface area contributed by atoms with Gasteiger partial charge in [-0.05, 0) is 49.9 Å². The van der Waals surface area contributed by atoms with Gasteiger partial charge in [0, 0.05) is 28.7 Å². The molecule has 94 valence electrons. The van der Waals surface area contributed by atoms with Gasteiger partial charge < -0.3 is 4.90 Å². The standard InChI is InChI=1S/C14H19Cl2N/c1-3-13-6-4-10(2)17(13)14-7-5-12(16)8-11(14)9-15/h5,7-8,10,13H,3-4,6,9H2,1-2H3. The average molecular weight is 272 g/mol. The van der Waals surface area contributed by atoms with E-state index in [1.54, 1.807) is 0 Å². The summed E-state index contributed by atoms with van der Waals surface area (Å²) in [6.45, 7) is 4.55. The molecule has 17 heavy (non-hydrogen) atoms. The lowest BCUT2D eigenvalue weighted by molar-refractivity contribution is 0.626. The molecule has 0 N–H and O–H groups in total. The van der Waals surface area contributed by atoms with Crippen molar-refractivity contribution in [1.82, 2.24) is 0 Å². The number of nitrogens with zero attached hydrogens (tertiary/aromatic N) is 1. The molecule has 0 spiro atoms. The first-order valence-electron chi connectivity index (χ1n) is 6.30. The Kier molecular flexibility index (Phi) is 4.22. The maximum atomic E-state index is 6.04. The Hall–Kier alpha value is -0.400. The molecule has 1 aromatic carbocycles. The van der Waals surface area contributed by atoms with E-state index in [1.807, 2.05) is 12.1 Å². The van der Waals surface area contributed by atoms with E-state index in [0.717, 1.165) is 10.6 Å². The van der Waals surface area contributed by atoms with Crippen molar-refractivity contribution in [2.24, 2.45) is 0 Å². The van der Waals surface area contributed by atoms with Crippen molar-refractivity contribution in [3.8, 4) is 0 Å². The van der Waals surface area contributed by atoms with Crippen LogP contribution in [0.5, 0.6) is 0 Å². The van der Waals surface area contributed by atoms with Crippen LogP contribution in [0.2, 0.25) is 5.02 Å². The van der Waals surface area contributed by atoms with Gasteiger partial charge in [0.05, 0.1) is 0 Å². The van der Waals surface area contributed by atoms with E-state index in [1.165, 1.54) is 24.9 Å². The van der Waals surface area contributed by atoms with E-state index in [-0.39, 0.29) is 0 Å². The van der Waals surface area contributed by atoms with Crippen LogP contribution in [0.25, 0.3) is 0 Å². The summed E-state index contributed by atoms with van der Waals surface area (Å²) in [6.07, 6.45) is 3.74. The van der Waals surface area contributed by atoms with Crippen LogP contribution in [0.15, 0.2) is 18.2 Å². The number of halogens is 2. The number of hydrogen-bond acceptors (Lipinski definition) is 1. The molecule has 1 nitrogen and oxygen atoms in total. The highest BCUT2D eigenvalue weighted by molar-refractivity contribution is 6.30. The van der Waals surface area contributed by atoms with Gasteiger partial charge in [0.2, 0.25) is 0 Å². The van der Waals surface area contributed by atoms with Crippen LogP contribution in [0.4, 0.5) is 5.69 Å². The molecular weight excluding hydrogens is 253 g/mol. The first kappa shape index (κ1) is 13.0. The molecule has 1 aromatic rings. The zero-order valence-corrected chi connectivity index (χ0v) is 11.9. The molecule has 1 fully saturated rings. The van der Waals surface area contributed by atoms with Gasteiger partial charge in [0.25, 0.3) is 0 Å². The number of hydrogen-bond donors (Lipinski definition) is 0. The predicted molar refractivity (Wildman–Crippen MR) is 76.3 cm³/mol. The van der Waals surface area contributed by atoms with Crippen molar-refractivity contribution in [1.29, 1.82) is 0 Å². The Balaban J connectivity index is 2.38. The van der Waals surface area contributed by atoms with Gasteiger partial charge in [-0.2, -0.15) is 0 Å². The van der Waals surface area contributed by atoms with Crippen LogP contribution in [0.1, 0.15) is 38.7 Å². The molecule has 0 bridgehead atoms. The Morgan fingerprint density at radius 1 is 1.35 bits per heavy atom. The normalized spacial score (nSPS) is 24.4. The van der Waals surface area contributed by atoms with E-state index in [2.05, 4.69) is 24.8 Å². The van der Waals surface area contributed by atoms with Crippen molar-refractivity contribution < 1.29 is 0 Å². The molecule has 1 saturated heterocycles. The molecule has 0 radical (unpaired) electrons. The maximum Gasteiger partial charge on any atom is 0.0495 e. The molecule has 1 aliphatic heterocycles. The molecular formula is C14H19Cl2N. The third kappa shape index (κ3) is 2.56. The molecule has 2 unspecified atom stereocenters. The van der Waals surface area contributed by atoms with Crippen LogP contribution in [0.3, 0.4) is 0 Å². The lowest BCUT2D eigenvalue weighted by Gasteiger charge is -2.32. The monoisotopic (exact) mass is 271 g/mol.